The molecule has 2 aliphatic heterocycles. The molecule has 0 amide bonds. The molecule has 0 aliphatic carbocycles. The molecule has 1 aromatic carbocycles. The fourth-order valence-electron chi connectivity index (χ4n) is 4.42. The molecule has 156 valence electrons. The highest BCUT2D eigenvalue weighted by atomic mass is 16.5. The van der Waals surface area contributed by atoms with Crippen LogP contribution in [0.15, 0.2) is 29.3 Å². The number of likely N-dealkylation sites (tertiary alicyclic amines) is 1. The molecule has 2 heterocycles. The molecule has 28 heavy (non-hydrogen) atoms. The van der Waals surface area contributed by atoms with Crippen molar-refractivity contribution in [3.63, 3.8) is 0 Å². The van der Waals surface area contributed by atoms with Crippen LogP contribution in [0.2, 0.25) is 0 Å². The first-order valence-electron chi connectivity index (χ1n) is 10.8. The minimum absolute atomic E-state index is 0.307. The first-order chi connectivity index (χ1) is 13.5. The number of hydrogen-bond acceptors (Lipinski definition) is 4. The lowest BCUT2D eigenvalue weighted by atomic mass is 10.1. The maximum Gasteiger partial charge on any atom is 0.188 e. The van der Waals surface area contributed by atoms with Crippen molar-refractivity contribution in [3.05, 3.63) is 35.4 Å². The van der Waals surface area contributed by atoms with Gasteiger partial charge in [0.2, 0.25) is 0 Å². The average molecular weight is 388 g/mol. The topological polar surface area (TPSA) is 66.1 Å². The molecule has 3 N–H and O–H groups in total. The van der Waals surface area contributed by atoms with Crippen molar-refractivity contribution in [2.45, 2.75) is 65.0 Å². The van der Waals surface area contributed by atoms with Crippen LogP contribution in [0.5, 0.6) is 0 Å². The highest BCUT2D eigenvalue weighted by Crippen LogP contribution is 2.16. The molecule has 6 nitrogen and oxygen atoms in total. The Morgan fingerprint density at radius 3 is 2.54 bits per heavy atom. The lowest BCUT2D eigenvalue weighted by molar-refractivity contribution is -0.0704. The zero-order valence-electron chi connectivity index (χ0n) is 17.7. The number of morpholine rings is 1. The largest absolute Gasteiger partial charge is 0.373 e. The van der Waals surface area contributed by atoms with Crippen molar-refractivity contribution in [1.29, 1.82) is 0 Å². The number of nitrogens with two attached hydrogens (primary N) is 1. The first-order valence-corrected chi connectivity index (χ1v) is 10.8. The predicted molar refractivity (Wildman–Crippen MR) is 115 cm³/mol. The monoisotopic (exact) mass is 387 g/mol. The number of guanidine groups is 1. The normalized spacial score (nSPS) is 27.2. The van der Waals surface area contributed by atoms with Crippen LogP contribution in [0.4, 0.5) is 0 Å². The van der Waals surface area contributed by atoms with Gasteiger partial charge in [0.15, 0.2) is 5.96 Å². The predicted octanol–water partition coefficient (Wildman–Crippen LogP) is 2.18. The number of hydrogen-bond donors (Lipinski definition) is 2. The Morgan fingerprint density at radius 2 is 1.86 bits per heavy atom. The van der Waals surface area contributed by atoms with Gasteiger partial charge in [-0.25, -0.2) is 4.99 Å². The summed E-state index contributed by atoms with van der Waals surface area (Å²) in [5.74, 6) is 0.545. The maximum atomic E-state index is 6.07. The summed E-state index contributed by atoms with van der Waals surface area (Å²) in [6.45, 7) is 13.3. The fourth-order valence-corrected chi connectivity index (χ4v) is 4.42. The quantitative estimate of drug-likeness (QED) is 0.555. The molecule has 0 radical (unpaired) electrons. The molecule has 3 rings (SSSR count). The molecule has 0 aromatic heterocycles. The SMILES string of the molecule is CCN1CCCC1CNC(N)=NCc1ccc(CN2CC(C)OC(C)C2)cc1. The van der Waals surface area contributed by atoms with Gasteiger partial charge < -0.3 is 15.8 Å². The number of benzene rings is 1. The molecule has 2 saturated heterocycles. The lowest BCUT2D eigenvalue weighted by Crippen LogP contribution is -2.44. The van der Waals surface area contributed by atoms with Crippen LogP contribution in [-0.4, -0.2) is 66.7 Å². The minimum atomic E-state index is 0.307. The molecular weight excluding hydrogens is 350 g/mol. The van der Waals surface area contributed by atoms with Crippen LogP contribution in [0, 0.1) is 0 Å². The zero-order chi connectivity index (χ0) is 19.9. The number of ether oxygens (including phenoxy) is 1. The summed E-state index contributed by atoms with van der Waals surface area (Å²) in [5.41, 5.74) is 8.59. The summed E-state index contributed by atoms with van der Waals surface area (Å²) in [6.07, 6.45) is 3.14. The van der Waals surface area contributed by atoms with E-state index in [2.05, 4.69) is 65.1 Å². The van der Waals surface area contributed by atoms with Gasteiger partial charge in [-0.05, 0) is 50.9 Å². The molecule has 3 unspecified atom stereocenters. The summed E-state index contributed by atoms with van der Waals surface area (Å²) in [7, 11) is 0. The van der Waals surface area contributed by atoms with Gasteiger partial charge in [0.05, 0.1) is 18.8 Å². The van der Waals surface area contributed by atoms with Crippen LogP contribution in [-0.2, 0) is 17.8 Å². The Bertz CT molecular complexity index is 622. The van der Waals surface area contributed by atoms with Gasteiger partial charge in [-0.2, -0.15) is 0 Å². The number of rotatable bonds is 7. The Balaban J connectivity index is 1.44. The van der Waals surface area contributed by atoms with Gasteiger partial charge in [0.1, 0.15) is 0 Å². The number of likely N-dealkylation sites (N-methyl/N-ethyl adjacent to an activating group) is 1. The molecular formula is C22H37N5O. The summed E-state index contributed by atoms with van der Waals surface area (Å²) >= 11 is 0. The van der Waals surface area contributed by atoms with E-state index in [9.17, 15) is 0 Å². The van der Waals surface area contributed by atoms with Crippen molar-refractivity contribution >= 4 is 5.96 Å². The average Bonchev–Trinajstić information content (AvgIpc) is 3.12. The van der Waals surface area contributed by atoms with Crippen molar-refractivity contribution < 1.29 is 4.74 Å². The van der Waals surface area contributed by atoms with Crippen LogP contribution < -0.4 is 11.1 Å². The zero-order valence-corrected chi connectivity index (χ0v) is 17.7. The third kappa shape index (κ3) is 6.19. The van der Waals surface area contributed by atoms with E-state index in [4.69, 9.17) is 10.5 Å². The number of aliphatic imine (C=N–C) groups is 1. The highest BCUT2D eigenvalue weighted by Gasteiger charge is 2.23. The Morgan fingerprint density at radius 1 is 1.18 bits per heavy atom. The standard InChI is InChI=1S/C22H37N5O/c1-4-27-11-5-6-21(27)13-25-22(23)24-12-19-7-9-20(10-8-19)16-26-14-17(2)28-18(3)15-26/h7-10,17-18,21H,4-6,11-16H2,1-3H3,(H3,23,24,25). The van der Waals surface area contributed by atoms with Crippen molar-refractivity contribution in [2.75, 3.05) is 32.7 Å². The van der Waals surface area contributed by atoms with E-state index in [1.54, 1.807) is 0 Å². The fraction of sp³-hybridized carbons (Fsp3) is 0.682. The van der Waals surface area contributed by atoms with E-state index in [0.29, 0.717) is 30.8 Å². The Kier molecular flexibility index (Phi) is 7.71. The third-order valence-corrected chi connectivity index (χ3v) is 5.78. The highest BCUT2D eigenvalue weighted by molar-refractivity contribution is 5.77. The molecule has 0 saturated carbocycles. The number of nitrogens with one attached hydrogen (secondary N) is 1. The van der Waals surface area contributed by atoms with Gasteiger partial charge in [0.25, 0.3) is 0 Å². The third-order valence-electron chi connectivity index (χ3n) is 5.78. The first kappa shape index (κ1) is 21.1. The molecule has 2 aliphatic rings. The van der Waals surface area contributed by atoms with Gasteiger partial charge in [0, 0.05) is 32.2 Å². The van der Waals surface area contributed by atoms with Gasteiger partial charge >= 0.3 is 0 Å². The van der Waals surface area contributed by atoms with E-state index in [-0.39, 0.29) is 0 Å². The van der Waals surface area contributed by atoms with Crippen LogP contribution in [0.25, 0.3) is 0 Å². The van der Waals surface area contributed by atoms with Crippen molar-refractivity contribution in [3.8, 4) is 0 Å². The molecule has 6 heteroatoms. The van der Waals surface area contributed by atoms with Gasteiger partial charge in [-0.1, -0.05) is 31.2 Å². The Labute approximate surface area is 170 Å². The van der Waals surface area contributed by atoms with Crippen molar-refractivity contribution in [2.24, 2.45) is 10.7 Å². The summed E-state index contributed by atoms with van der Waals surface area (Å²) in [6, 6.07) is 9.32. The lowest BCUT2D eigenvalue weighted by Gasteiger charge is -2.35. The van der Waals surface area contributed by atoms with E-state index in [0.717, 1.165) is 32.7 Å². The maximum absolute atomic E-state index is 6.07. The summed E-state index contributed by atoms with van der Waals surface area (Å²) in [4.78, 5) is 9.49. The van der Waals surface area contributed by atoms with Gasteiger partial charge in [-0.3, -0.25) is 9.80 Å². The van der Waals surface area contributed by atoms with E-state index in [1.807, 2.05) is 0 Å². The van der Waals surface area contributed by atoms with E-state index < -0.39 is 0 Å². The van der Waals surface area contributed by atoms with Crippen LogP contribution in [0.1, 0.15) is 44.7 Å². The molecule has 1 aromatic rings. The van der Waals surface area contributed by atoms with Crippen LogP contribution >= 0.6 is 0 Å². The van der Waals surface area contributed by atoms with Crippen molar-refractivity contribution in [1.82, 2.24) is 15.1 Å². The molecule has 0 spiro atoms. The van der Waals surface area contributed by atoms with Crippen LogP contribution in [0.3, 0.4) is 0 Å². The minimum Gasteiger partial charge on any atom is -0.373 e. The second-order valence-corrected chi connectivity index (χ2v) is 8.27. The molecule has 0 bridgehead atoms. The molecule has 3 atom stereocenters. The summed E-state index contributed by atoms with van der Waals surface area (Å²) < 4.78 is 5.82. The van der Waals surface area contributed by atoms with E-state index in [1.165, 1.54) is 30.5 Å². The molecule has 2 fully saturated rings. The second-order valence-electron chi connectivity index (χ2n) is 8.27. The van der Waals surface area contributed by atoms with Gasteiger partial charge in [-0.15, -0.1) is 0 Å². The Hall–Kier alpha value is -1.63. The smallest absolute Gasteiger partial charge is 0.188 e. The second kappa shape index (κ2) is 10.2. The summed E-state index contributed by atoms with van der Waals surface area (Å²) in [5, 5.41) is 3.30. The van der Waals surface area contributed by atoms with E-state index >= 15 is 0 Å². The number of nitrogens with zero attached hydrogens (tertiary/aromatic N) is 3.